The average Bonchev–Trinajstić information content (AvgIpc) is 2.00. The first-order valence-electron chi connectivity index (χ1n) is 2.97. The minimum Gasteiger partial charge on any atom is -0.300 e. The zero-order valence-electron chi connectivity index (χ0n) is 6.59. The van der Waals surface area contributed by atoms with Gasteiger partial charge in [0.25, 0.3) is 5.91 Å². The summed E-state index contributed by atoms with van der Waals surface area (Å²) in [5, 5.41) is 0. The molecule has 0 heterocycles. The van der Waals surface area contributed by atoms with Crippen molar-refractivity contribution < 1.29 is 4.79 Å². The quantitative estimate of drug-likeness (QED) is 0.299. The summed E-state index contributed by atoms with van der Waals surface area (Å²) < 4.78 is 0. The second-order valence-electron chi connectivity index (χ2n) is 1.87. The molecule has 0 aliphatic heterocycles. The van der Waals surface area contributed by atoms with E-state index >= 15 is 0 Å². The summed E-state index contributed by atoms with van der Waals surface area (Å²) in [4.78, 5) is 16.1. The van der Waals surface area contributed by atoms with Crippen molar-refractivity contribution in [1.29, 1.82) is 0 Å². The molecular formula is C7H12N2O. The molecule has 0 aromatic carbocycles. The SMILES string of the molecule is C=CC(=O)N(C)C(C)=NC. The minimum atomic E-state index is -0.136. The van der Waals surface area contributed by atoms with Crippen LogP contribution in [0.2, 0.25) is 0 Å². The molecule has 0 aromatic rings. The van der Waals surface area contributed by atoms with Crippen LogP contribution >= 0.6 is 0 Å². The van der Waals surface area contributed by atoms with Crippen LogP contribution in [0.15, 0.2) is 17.6 Å². The molecular weight excluding hydrogens is 128 g/mol. The molecule has 56 valence electrons. The number of amidine groups is 1. The lowest BCUT2D eigenvalue weighted by Crippen LogP contribution is -2.29. The van der Waals surface area contributed by atoms with E-state index in [2.05, 4.69) is 11.6 Å². The molecule has 0 aliphatic rings. The van der Waals surface area contributed by atoms with Gasteiger partial charge in [-0.1, -0.05) is 6.58 Å². The molecule has 0 rings (SSSR count). The van der Waals surface area contributed by atoms with Gasteiger partial charge in [0.05, 0.1) is 0 Å². The highest BCUT2D eigenvalue weighted by atomic mass is 16.2. The van der Waals surface area contributed by atoms with E-state index in [1.54, 1.807) is 21.0 Å². The predicted octanol–water partition coefficient (Wildman–Crippen LogP) is 0.679. The number of carbonyl (C=O) groups is 1. The van der Waals surface area contributed by atoms with E-state index in [0.717, 1.165) is 0 Å². The van der Waals surface area contributed by atoms with E-state index in [4.69, 9.17) is 0 Å². The highest BCUT2D eigenvalue weighted by molar-refractivity contribution is 6.01. The summed E-state index contributed by atoms with van der Waals surface area (Å²) in [6.07, 6.45) is 1.26. The van der Waals surface area contributed by atoms with Crippen molar-refractivity contribution in [2.45, 2.75) is 6.92 Å². The maximum atomic E-state index is 10.8. The number of amides is 1. The molecule has 10 heavy (non-hydrogen) atoms. The van der Waals surface area contributed by atoms with Gasteiger partial charge in [-0.05, 0) is 13.0 Å². The average molecular weight is 140 g/mol. The largest absolute Gasteiger partial charge is 0.300 e. The van der Waals surface area contributed by atoms with Crippen LogP contribution in [0.3, 0.4) is 0 Å². The van der Waals surface area contributed by atoms with Crippen LogP contribution in [-0.4, -0.2) is 30.7 Å². The van der Waals surface area contributed by atoms with Crippen LogP contribution in [0, 0.1) is 0 Å². The van der Waals surface area contributed by atoms with Gasteiger partial charge in [0.15, 0.2) is 0 Å². The van der Waals surface area contributed by atoms with Gasteiger partial charge < -0.3 is 4.90 Å². The second-order valence-corrected chi connectivity index (χ2v) is 1.87. The summed E-state index contributed by atoms with van der Waals surface area (Å²) in [7, 11) is 3.30. The van der Waals surface area contributed by atoms with E-state index in [0.29, 0.717) is 5.84 Å². The molecule has 0 aromatic heterocycles. The van der Waals surface area contributed by atoms with Gasteiger partial charge in [0.1, 0.15) is 5.84 Å². The van der Waals surface area contributed by atoms with Crippen molar-refractivity contribution in [1.82, 2.24) is 4.90 Å². The third kappa shape index (κ3) is 2.01. The predicted molar refractivity (Wildman–Crippen MR) is 42.0 cm³/mol. The van der Waals surface area contributed by atoms with Gasteiger partial charge in [-0.3, -0.25) is 9.79 Å². The smallest absolute Gasteiger partial charge is 0.251 e. The number of hydrogen-bond acceptors (Lipinski definition) is 2. The summed E-state index contributed by atoms with van der Waals surface area (Å²) >= 11 is 0. The maximum absolute atomic E-state index is 10.8. The number of likely N-dealkylation sites (N-methyl/N-ethyl adjacent to an activating group) is 1. The molecule has 1 amide bonds. The maximum Gasteiger partial charge on any atom is 0.251 e. The van der Waals surface area contributed by atoms with E-state index in [1.165, 1.54) is 11.0 Å². The molecule has 0 saturated heterocycles. The van der Waals surface area contributed by atoms with Crippen LogP contribution in [0.25, 0.3) is 0 Å². The van der Waals surface area contributed by atoms with Crippen molar-refractivity contribution in [3.8, 4) is 0 Å². The van der Waals surface area contributed by atoms with Crippen LogP contribution in [-0.2, 0) is 4.79 Å². The first-order valence-corrected chi connectivity index (χ1v) is 2.97. The summed E-state index contributed by atoms with van der Waals surface area (Å²) in [6.45, 7) is 5.12. The number of rotatable bonds is 1. The molecule has 0 unspecified atom stereocenters. The first-order chi connectivity index (χ1) is 4.63. The Bertz CT molecular complexity index is 170. The molecule has 0 N–H and O–H groups in total. The van der Waals surface area contributed by atoms with Crippen molar-refractivity contribution in [2.24, 2.45) is 4.99 Å². The second kappa shape index (κ2) is 3.82. The Hall–Kier alpha value is -1.12. The Kier molecular flexibility index (Phi) is 3.39. The Morgan fingerprint density at radius 1 is 1.70 bits per heavy atom. The molecule has 0 saturated carbocycles. The molecule has 0 fully saturated rings. The molecule has 3 heteroatoms. The van der Waals surface area contributed by atoms with Crippen molar-refractivity contribution >= 4 is 11.7 Å². The highest BCUT2D eigenvalue weighted by Crippen LogP contribution is 1.87. The van der Waals surface area contributed by atoms with Gasteiger partial charge in [-0.15, -0.1) is 0 Å². The number of carbonyl (C=O) groups excluding carboxylic acids is 1. The molecule has 0 aliphatic carbocycles. The van der Waals surface area contributed by atoms with Crippen molar-refractivity contribution in [3.05, 3.63) is 12.7 Å². The van der Waals surface area contributed by atoms with Gasteiger partial charge in [-0.25, -0.2) is 0 Å². The summed E-state index contributed by atoms with van der Waals surface area (Å²) in [6, 6.07) is 0. The van der Waals surface area contributed by atoms with Crippen LogP contribution < -0.4 is 0 Å². The summed E-state index contributed by atoms with van der Waals surface area (Å²) in [5.74, 6) is 0.549. The monoisotopic (exact) mass is 140 g/mol. The minimum absolute atomic E-state index is 0.136. The van der Waals surface area contributed by atoms with Crippen molar-refractivity contribution in [3.63, 3.8) is 0 Å². The third-order valence-corrected chi connectivity index (χ3v) is 1.31. The van der Waals surface area contributed by atoms with E-state index in [9.17, 15) is 4.79 Å². The van der Waals surface area contributed by atoms with E-state index in [1.807, 2.05) is 0 Å². The van der Waals surface area contributed by atoms with Gasteiger partial charge in [0, 0.05) is 14.1 Å². The van der Waals surface area contributed by atoms with E-state index < -0.39 is 0 Å². The van der Waals surface area contributed by atoms with Gasteiger partial charge in [0.2, 0.25) is 0 Å². The van der Waals surface area contributed by atoms with Crippen LogP contribution in [0.4, 0.5) is 0 Å². The first kappa shape index (κ1) is 8.88. The molecule has 0 spiro atoms. The Labute approximate surface area is 61.1 Å². The zero-order valence-corrected chi connectivity index (χ0v) is 6.59. The van der Waals surface area contributed by atoms with E-state index in [-0.39, 0.29) is 5.91 Å². The van der Waals surface area contributed by atoms with Crippen molar-refractivity contribution in [2.75, 3.05) is 14.1 Å². The normalized spacial score (nSPS) is 10.9. The zero-order chi connectivity index (χ0) is 8.15. The fraction of sp³-hybridized carbons (Fsp3) is 0.429. The van der Waals surface area contributed by atoms with Crippen LogP contribution in [0.1, 0.15) is 6.92 Å². The molecule has 0 atom stereocenters. The Balaban J connectivity index is 4.21. The topological polar surface area (TPSA) is 32.7 Å². The number of hydrogen-bond donors (Lipinski definition) is 0. The Morgan fingerprint density at radius 2 is 2.20 bits per heavy atom. The fourth-order valence-electron chi connectivity index (χ4n) is 0.446. The van der Waals surface area contributed by atoms with Gasteiger partial charge in [-0.2, -0.15) is 0 Å². The number of nitrogens with zero attached hydrogens (tertiary/aromatic N) is 2. The van der Waals surface area contributed by atoms with Gasteiger partial charge >= 0.3 is 0 Å². The molecule has 0 bridgehead atoms. The lowest BCUT2D eigenvalue weighted by molar-refractivity contribution is -0.121. The standard InChI is InChI=1S/C7H12N2O/c1-5-7(10)9(4)6(2)8-3/h5H,1H2,2-4H3. The molecule has 3 nitrogen and oxygen atoms in total. The third-order valence-electron chi connectivity index (χ3n) is 1.31. The lowest BCUT2D eigenvalue weighted by atomic mass is 10.5. The van der Waals surface area contributed by atoms with Crippen LogP contribution in [0.5, 0.6) is 0 Å². The molecule has 0 radical (unpaired) electrons. The number of aliphatic imine (C=N–C) groups is 1. The fourth-order valence-corrected chi connectivity index (χ4v) is 0.446. The highest BCUT2D eigenvalue weighted by Gasteiger charge is 2.04. The summed E-state index contributed by atoms with van der Waals surface area (Å²) in [5.41, 5.74) is 0. The lowest BCUT2D eigenvalue weighted by Gasteiger charge is -2.12. The Morgan fingerprint density at radius 3 is 2.50 bits per heavy atom.